The van der Waals surface area contributed by atoms with Crippen LogP contribution in [0.4, 0.5) is 4.79 Å². The fraction of sp³-hybridized carbons (Fsp3) is 0.308. The lowest BCUT2D eigenvalue weighted by Gasteiger charge is -2.30. The Labute approximate surface area is 123 Å². The average molecular weight is 311 g/mol. The van der Waals surface area contributed by atoms with Gasteiger partial charge < -0.3 is 4.74 Å². The molecular weight excluding hydrogens is 294 g/mol. The van der Waals surface area contributed by atoms with Gasteiger partial charge in [-0.25, -0.2) is 18.6 Å². The molecule has 0 aliphatic carbocycles. The predicted octanol–water partition coefficient (Wildman–Crippen LogP) is 1.09. The van der Waals surface area contributed by atoms with Gasteiger partial charge in [-0.2, -0.15) is 0 Å². The number of carbonyl (C=O) groups excluding carboxylic acids is 1. The van der Waals surface area contributed by atoms with E-state index in [1.54, 1.807) is 31.2 Å². The summed E-state index contributed by atoms with van der Waals surface area (Å²) in [6, 6.07) is 6.64. The molecule has 0 radical (unpaired) electrons. The first kappa shape index (κ1) is 15.2. The number of aryl methyl sites for hydroxylation is 1. The van der Waals surface area contributed by atoms with Gasteiger partial charge in [0.1, 0.15) is 0 Å². The first-order chi connectivity index (χ1) is 9.93. The number of hydrogen-bond acceptors (Lipinski definition) is 5. The van der Waals surface area contributed by atoms with Crippen molar-refractivity contribution in [1.29, 1.82) is 0 Å². The minimum atomic E-state index is -3.53. The van der Waals surface area contributed by atoms with Gasteiger partial charge >= 0.3 is 6.09 Å². The number of benzene rings is 1. The van der Waals surface area contributed by atoms with Gasteiger partial charge in [-0.05, 0) is 26.0 Å². The summed E-state index contributed by atoms with van der Waals surface area (Å²) in [5.41, 5.74) is 6.48. The van der Waals surface area contributed by atoms with Crippen LogP contribution in [0.3, 0.4) is 0 Å². The van der Waals surface area contributed by atoms with Crippen molar-refractivity contribution in [3.8, 4) is 0 Å². The van der Waals surface area contributed by atoms with E-state index in [0.717, 1.165) is 5.56 Å². The summed E-state index contributed by atoms with van der Waals surface area (Å²) in [6.45, 7) is 4.02. The summed E-state index contributed by atoms with van der Waals surface area (Å²) in [4.78, 5) is 11.3. The predicted molar refractivity (Wildman–Crippen MR) is 76.4 cm³/mol. The zero-order valence-corrected chi connectivity index (χ0v) is 12.6. The lowest BCUT2D eigenvalue weighted by Crippen LogP contribution is -2.46. The normalized spacial score (nSPS) is 14.0. The van der Waals surface area contributed by atoms with Gasteiger partial charge in [0.05, 0.1) is 23.7 Å². The minimum Gasteiger partial charge on any atom is -0.449 e. The van der Waals surface area contributed by atoms with E-state index in [2.05, 4.69) is 15.6 Å². The van der Waals surface area contributed by atoms with Crippen molar-refractivity contribution >= 4 is 16.1 Å². The number of carbonyl (C=O) groups is 1. The molecule has 0 atom stereocenters. The molecule has 1 amide bonds. The second-order valence-corrected chi connectivity index (χ2v) is 6.38. The van der Waals surface area contributed by atoms with Gasteiger partial charge in [0.25, 0.3) is 10.0 Å². The Morgan fingerprint density at radius 2 is 1.95 bits per heavy atom. The van der Waals surface area contributed by atoms with Crippen molar-refractivity contribution in [2.45, 2.75) is 18.7 Å². The molecule has 2 N–H and O–H groups in total. The highest BCUT2D eigenvalue weighted by Crippen LogP contribution is 2.22. The third-order valence-electron chi connectivity index (χ3n) is 2.85. The average Bonchev–Trinajstić information content (AvgIpc) is 2.37. The lowest BCUT2D eigenvalue weighted by molar-refractivity contribution is 0.148. The topological polar surface area (TPSA) is 87.7 Å². The molecule has 1 aromatic rings. The summed E-state index contributed by atoms with van der Waals surface area (Å²) in [6.07, 6.45) is 0.805. The highest BCUT2D eigenvalue weighted by atomic mass is 32.2. The van der Waals surface area contributed by atoms with Gasteiger partial charge in [0.15, 0.2) is 0 Å². The van der Waals surface area contributed by atoms with Gasteiger partial charge in [-0.1, -0.05) is 17.7 Å². The van der Waals surface area contributed by atoms with Gasteiger partial charge in [0, 0.05) is 6.20 Å². The number of nitrogens with one attached hydrogen (secondary N) is 2. The van der Waals surface area contributed by atoms with E-state index in [1.807, 2.05) is 6.92 Å². The molecular formula is C13H17N3O4S. The van der Waals surface area contributed by atoms with Crippen molar-refractivity contribution in [1.82, 2.24) is 15.2 Å². The quantitative estimate of drug-likeness (QED) is 0.795. The van der Waals surface area contributed by atoms with Crippen LogP contribution in [0.15, 0.2) is 41.1 Å². The molecule has 1 aliphatic heterocycles. The Kier molecular flexibility index (Phi) is 4.37. The zero-order chi connectivity index (χ0) is 15.5. The zero-order valence-electron chi connectivity index (χ0n) is 11.8. The van der Waals surface area contributed by atoms with E-state index in [0.29, 0.717) is 5.70 Å². The second kappa shape index (κ2) is 6.04. The monoisotopic (exact) mass is 311 g/mol. The van der Waals surface area contributed by atoms with Gasteiger partial charge in [-0.3, -0.25) is 9.73 Å². The molecule has 1 heterocycles. The maximum atomic E-state index is 12.3. The van der Waals surface area contributed by atoms with Crippen molar-refractivity contribution in [3.63, 3.8) is 0 Å². The Bertz CT molecular complexity index is 652. The van der Waals surface area contributed by atoms with Crippen LogP contribution in [0.25, 0.3) is 0 Å². The van der Waals surface area contributed by atoms with E-state index < -0.39 is 16.1 Å². The number of hydrazine groups is 1. The Morgan fingerprint density at radius 3 is 2.52 bits per heavy atom. The molecule has 0 bridgehead atoms. The van der Waals surface area contributed by atoms with E-state index in [9.17, 15) is 13.2 Å². The molecule has 0 saturated carbocycles. The van der Waals surface area contributed by atoms with Crippen LogP contribution in [0.1, 0.15) is 12.5 Å². The van der Waals surface area contributed by atoms with Crippen molar-refractivity contribution in [2.24, 2.45) is 0 Å². The van der Waals surface area contributed by atoms with Crippen molar-refractivity contribution in [2.75, 3.05) is 13.2 Å². The first-order valence-electron chi connectivity index (χ1n) is 6.41. The Morgan fingerprint density at radius 1 is 1.33 bits per heavy atom. The molecule has 2 rings (SSSR count). The Hall–Kier alpha value is -2.22. The number of rotatable bonds is 5. The third kappa shape index (κ3) is 3.46. The SMILES string of the molecule is CCOC(=O)NNC1=CN(S(=O)(=O)c2ccc(C)cc2)C1. The summed E-state index contributed by atoms with van der Waals surface area (Å²) >= 11 is 0. The largest absolute Gasteiger partial charge is 0.449 e. The standard InChI is InChI=1S/C13H17N3O4S/c1-3-20-13(17)15-14-11-8-16(9-11)21(18,19)12-6-4-10(2)5-7-12/h4-8,14H,3,9H2,1-2H3,(H,15,17). The molecule has 0 aromatic heterocycles. The molecule has 21 heavy (non-hydrogen) atoms. The number of nitrogens with zero attached hydrogens (tertiary/aromatic N) is 1. The third-order valence-corrected chi connectivity index (χ3v) is 4.57. The molecule has 0 spiro atoms. The molecule has 114 valence electrons. The number of ether oxygens (including phenoxy) is 1. The molecule has 7 nitrogen and oxygen atoms in total. The maximum absolute atomic E-state index is 12.3. The van der Waals surface area contributed by atoms with Crippen LogP contribution < -0.4 is 10.9 Å². The van der Waals surface area contributed by atoms with E-state index in [4.69, 9.17) is 0 Å². The fourth-order valence-corrected chi connectivity index (χ4v) is 3.01. The minimum absolute atomic E-state index is 0.169. The van der Waals surface area contributed by atoms with Crippen molar-refractivity contribution < 1.29 is 17.9 Å². The lowest BCUT2D eigenvalue weighted by atomic mass is 10.2. The number of hydrogen-bond donors (Lipinski definition) is 2. The van der Waals surface area contributed by atoms with Crippen LogP contribution in [-0.2, 0) is 14.8 Å². The van der Waals surface area contributed by atoms with E-state index in [-0.39, 0.29) is 18.0 Å². The molecule has 1 aromatic carbocycles. The van der Waals surface area contributed by atoms with Crippen LogP contribution in [-0.4, -0.2) is 32.0 Å². The molecule has 0 unspecified atom stereocenters. The van der Waals surface area contributed by atoms with Crippen LogP contribution >= 0.6 is 0 Å². The van der Waals surface area contributed by atoms with E-state index in [1.165, 1.54) is 10.5 Å². The summed E-state index contributed by atoms with van der Waals surface area (Å²) < 4.78 is 30.4. The van der Waals surface area contributed by atoms with Crippen LogP contribution in [0.2, 0.25) is 0 Å². The molecule has 1 aliphatic rings. The van der Waals surface area contributed by atoms with E-state index >= 15 is 0 Å². The maximum Gasteiger partial charge on any atom is 0.425 e. The van der Waals surface area contributed by atoms with Crippen LogP contribution in [0.5, 0.6) is 0 Å². The molecule has 0 fully saturated rings. The first-order valence-corrected chi connectivity index (χ1v) is 7.85. The van der Waals surface area contributed by atoms with Crippen LogP contribution in [0, 0.1) is 6.92 Å². The van der Waals surface area contributed by atoms with Crippen molar-refractivity contribution in [3.05, 3.63) is 41.7 Å². The summed E-state index contributed by atoms with van der Waals surface area (Å²) in [5.74, 6) is 0. The van der Waals surface area contributed by atoms with Gasteiger partial charge in [0.2, 0.25) is 0 Å². The smallest absolute Gasteiger partial charge is 0.425 e. The second-order valence-electron chi connectivity index (χ2n) is 4.49. The molecule has 8 heteroatoms. The number of sulfonamides is 1. The Balaban J connectivity index is 1.96. The number of amides is 1. The van der Waals surface area contributed by atoms with Gasteiger partial charge in [-0.15, -0.1) is 0 Å². The summed E-state index contributed by atoms with van der Waals surface area (Å²) in [7, 11) is -3.53. The molecule has 0 saturated heterocycles. The highest BCUT2D eigenvalue weighted by molar-refractivity contribution is 7.89. The highest BCUT2D eigenvalue weighted by Gasteiger charge is 2.29. The fourth-order valence-electron chi connectivity index (χ4n) is 1.69. The summed E-state index contributed by atoms with van der Waals surface area (Å²) in [5, 5.41) is 0.